The van der Waals surface area contributed by atoms with Crippen LogP contribution in [0.5, 0.6) is 5.75 Å². The molecule has 0 atom stereocenters. The molecule has 0 fully saturated rings. The van der Waals surface area contributed by atoms with Crippen LogP contribution >= 0.6 is 11.9 Å². The highest BCUT2D eigenvalue weighted by Gasteiger charge is 2.10. The molecular formula is C14H11NO4S. The molecule has 20 heavy (non-hydrogen) atoms. The highest BCUT2D eigenvalue weighted by molar-refractivity contribution is 7.93. The van der Waals surface area contributed by atoms with E-state index in [9.17, 15) is 14.9 Å². The Kier molecular flexibility index (Phi) is 4.37. The van der Waals surface area contributed by atoms with Gasteiger partial charge in [0.25, 0.3) is 11.9 Å². The van der Waals surface area contributed by atoms with E-state index in [-0.39, 0.29) is 0 Å². The molecule has 0 aromatic heterocycles. The zero-order chi connectivity index (χ0) is 14.5. The molecule has 0 bridgehead atoms. The number of aryl methyl sites for hydroxylation is 1. The molecule has 102 valence electrons. The Balaban J connectivity index is 2.05. The van der Waals surface area contributed by atoms with Crippen LogP contribution in [0, 0.1) is 17.0 Å². The van der Waals surface area contributed by atoms with Crippen LogP contribution in [-0.4, -0.2) is 10.3 Å². The van der Waals surface area contributed by atoms with Crippen molar-refractivity contribution in [2.75, 3.05) is 0 Å². The van der Waals surface area contributed by atoms with E-state index >= 15 is 0 Å². The summed E-state index contributed by atoms with van der Waals surface area (Å²) in [5.74, 6) is -0.0316. The quantitative estimate of drug-likeness (QED) is 0.283. The predicted octanol–water partition coefficient (Wildman–Crippen LogP) is 3.50. The average Bonchev–Trinajstić information content (AvgIpc) is 2.41. The summed E-state index contributed by atoms with van der Waals surface area (Å²) in [5, 5.41) is 10.3. The van der Waals surface area contributed by atoms with Crippen molar-refractivity contribution in [2.24, 2.45) is 0 Å². The summed E-state index contributed by atoms with van der Waals surface area (Å²) in [6.07, 6.45) is 0. The van der Waals surface area contributed by atoms with Gasteiger partial charge in [0.15, 0.2) is 0 Å². The molecule has 0 saturated carbocycles. The lowest BCUT2D eigenvalue weighted by Crippen LogP contribution is -2.08. The molecule has 0 aliphatic carbocycles. The summed E-state index contributed by atoms with van der Waals surface area (Å²) in [6, 6.07) is 13.1. The smallest absolute Gasteiger partial charge is 0.343 e. The molecule has 6 heteroatoms. The van der Waals surface area contributed by atoms with Gasteiger partial charge in [0, 0.05) is 0 Å². The van der Waals surface area contributed by atoms with E-state index in [2.05, 4.69) is 0 Å². The molecule has 2 aromatic carbocycles. The summed E-state index contributed by atoms with van der Waals surface area (Å²) >= 11 is 0.495. The van der Waals surface area contributed by atoms with Gasteiger partial charge in [-0.1, -0.05) is 17.7 Å². The number of carbonyl (C=O) groups excluding carboxylic acids is 1. The summed E-state index contributed by atoms with van der Waals surface area (Å²) in [5.41, 5.74) is 1.42. The predicted molar refractivity (Wildman–Crippen MR) is 75.4 cm³/mol. The first-order valence-electron chi connectivity index (χ1n) is 5.76. The molecule has 2 rings (SSSR count). The van der Waals surface area contributed by atoms with Crippen LogP contribution in [-0.2, 0) is 0 Å². The maximum Gasteiger partial charge on any atom is 0.343 e. The third-order valence-corrected chi connectivity index (χ3v) is 3.13. The number of nitro groups is 1. The normalized spacial score (nSPS) is 10.1. The second-order valence-corrected chi connectivity index (χ2v) is 4.99. The monoisotopic (exact) mass is 289 g/mol. The number of carbonyl (C=O) groups is 1. The van der Waals surface area contributed by atoms with Gasteiger partial charge in [0.2, 0.25) is 0 Å². The van der Waals surface area contributed by atoms with Gasteiger partial charge < -0.3 is 4.74 Å². The van der Waals surface area contributed by atoms with Crippen molar-refractivity contribution in [3.8, 4) is 5.75 Å². The van der Waals surface area contributed by atoms with Crippen LogP contribution in [0.3, 0.4) is 0 Å². The van der Waals surface area contributed by atoms with Gasteiger partial charge in [0.1, 0.15) is 10.1 Å². The minimum Gasteiger partial charge on any atom is -0.423 e. The molecule has 0 amide bonds. The van der Waals surface area contributed by atoms with Gasteiger partial charge in [-0.25, -0.2) is 4.79 Å². The lowest BCUT2D eigenvalue weighted by Gasteiger charge is -2.04. The van der Waals surface area contributed by atoms with E-state index in [1.54, 1.807) is 12.1 Å². The second-order valence-electron chi connectivity index (χ2n) is 4.04. The third-order valence-electron chi connectivity index (χ3n) is 2.50. The van der Waals surface area contributed by atoms with E-state index in [1.807, 2.05) is 19.1 Å². The Labute approximate surface area is 119 Å². The first kappa shape index (κ1) is 14.1. The average molecular weight is 289 g/mol. The Bertz CT molecular complexity index is 623. The van der Waals surface area contributed by atoms with Crippen LogP contribution in [0.4, 0.5) is 0 Å². The Hall–Kier alpha value is -2.34. The van der Waals surface area contributed by atoms with Gasteiger partial charge in [-0.3, -0.25) is 10.1 Å². The van der Waals surface area contributed by atoms with Gasteiger partial charge in [-0.2, -0.15) is 0 Å². The molecule has 2 aromatic rings. The molecule has 0 aliphatic heterocycles. The molecule has 0 aliphatic rings. The number of hydrogen-bond acceptors (Lipinski definition) is 5. The van der Waals surface area contributed by atoms with E-state index < -0.39 is 10.3 Å². The number of ether oxygens (including phenoxy) is 1. The maximum absolute atomic E-state index is 11.9. The van der Waals surface area contributed by atoms with E-state index in [0.29, 0.717) is 28.2 Å². The van der Waals surface area contributed by atoms with Gasteiger partial charge in [-0.15, -0.1) is 0 Å². The maximum atomic E-state index is 11.9. The van der Waals surface area contributed by atoms with Crippen LogP contribution in [0.1, 0.15) is 15.9 Å². The van der Waals surface area contributed by atoms with Crippen molar-refractivity contribution in [1.82, 2.24) is 0 Å². The van der Waals surface area contributed by atoms with Crippen molar-refractivity contribution in [3.63, 3.8) is 0 Å². The first-order valence-corrected chi connectivity index (χ1v) is 6.53. The van der Waals surface area contributed by atoms with Crippen LogP contribution < -0.4 is 4.74 Å². The van der Waals surface area contributed by atoms with Gasteiger partial charge in [-0.05, 0) is 43.3 Å². The molecule has 0 radical (unpaired) electrons. The lowest BCUT2D eigenvalue weighted by molar-refractivity contribution is -0.284. The summed E-state index contributed by atoms with van der Waals surface area (Å²) in [4.78, 5) is 22.7. The number of esters is 1. The van der Waals surface area contributed by atoms with Gasteiger partial charge >= 0.3 is 5.97 Å². The van der Waals surface area contributed by atoms with Crippen molar-refractivity contribution in [2.45, 2.75) is 11.8 Å². The molecule has 0 heterocycles. The highest BCUT2D eigenvalue weighted by Crippen LogP contribution is 2.19. The minimum atomic E-state index is -0.500. The third kappa shape index (κ3) is 3.83. The summed E-state index contributed by atoms with van der Waals surface area (Å²) < 4.78 is 4.70. The first-order chi connectivity index (χ1) is 9.54. The highest BCUT2D eigenvalue weighted by atomic mass is 32.2. The SMILES string of the molecule is Cc1ccc(OC(=O)c2ccc(S[N+](=O)[O-])cc2)cc1. The van der Waals surface area contributed by atoms with Crippen LogP contribution in [0.2, 0.25) is 0 Å². The molecule has 0 N–H and O–H groups in total. The standard InChI is InChI=1S/C14H11NO4S/c1-10-2-6-12(7-3-10)19-14(16)11-4-8-13(9-5-11)20-15(17)18/h2-9H,1H3. The van der Waals surface area contributed by atoms with Crippen molar-refractivity contribution in [3.05, 3.63) is 69.8 Å². The number of nitrogens with zero attached hydrogens (tertiary/aromatic N) is 1. The largest absolute Gasteiger partial charge is 0.423 e. The van der Waals surface area contributed by atoms with Crippen molar-refractivity contribution >= 4 is 17.9 Å². The molecule has 0 spiro atoms. The molecule has 0 saturated heterocycles. The van der Waals surface area contributed by atoms with E-state index in [0.717, 1.165) is 5.56 Å². The minimum absolute atomic E-state index is 0.346. The number of rotatable bonds is 4. The zero-order valence-corrected chi connectivity index (χ0v) is 11.4. The Morgan fingerprint density at radius 1 is 1.10 bits per heavy atom. The second kappa shape index (κ2) is 6.21. The summed E-state index contributed by atoms with van der Waals surface area (Å²) in [7, 11) is 0. The van der Waals surface area contributed by atoms with Gasteiger partial charge in [0.05, 0.1) is 10.5 Å². The van der Waals surface area contributed by atoms with Crippen molar-refractivity contribution < 1.29 is 13.9 Å². The fourth-order valence-corrected chi connectivity index (χ4v) is 1.94. The van der Waals surface area contributed by atoms with E-state index in [1.165, 1.54) is 24.3 Å². The summed E-state index contributed by atoms with van der Waals surface area (Å²) in [6.45, 7) is 1.94. The Morgan fingerprint density at radius 3 is 2.25 bits per heavy atom. The number of benzene rings is 2. The van der Waals surface area contributed by atoms with Crippen LogP contribution in [0.15, 0.2) is 53.4 Å². The Morgan fingerprint density at radius 2 is 1.70 bits per heavy atom. The van der Waals surface area contributed by atoms with Crippen LogP contribution in [0.25, 0.3) is 0 Å². The fourth-order valence-electron chi connectivity index (χ4n) is 1.51. The van der Waals surface area contributed by atoms with Crippen molar-refractivity contribution in [1.29, 1.82) is 0 Å². The lowest BCUT2D eigenvalue weighted by atomic mass is 10.2. The molecule has 0 unspecified atom stereocenters. The molecule has 5 nitrogen and oxygen atoms in total. The topological polar surface area (TPSA) is 69.4 Å². The molecular weight excluding hydrogens is 278 g/mol. The van der Waals surface area contributed by atoms with E-state index in [4.69, 9.17) is 4.74 Å². The number of hydrogen-bond donors (Lipinski definition) is 0. The fraction of sp³-hybridized carbons (Fsp3) is 0.0714. The zero-order valence-electron chi connectivity index (χ0n) is 10.6.